The Bertz CT molecular complexity index is 5110. The number of hydrogen-bond donors (Lipinski definition) is 19. The highest BCUT2D eigenvalue weighted by atomic mass is 32.2. The number of likely N-dealkylation sites (N-methyl/N-ethyl adjacent to an activating group) is 4. The van der Waals surface area contributed by atoms with Crippen LogP contribution in [-0.2, 0) is 107 Å². The van der Waals surface area contributed by atoms with Crippen molar-refractivity contribution in [3.63, 3.8) is 0 Å². The fraction of sp³-hybridized carbons (Fsp3) is 0.517. The zero-order valence-corrected chi connectivity index (χ0v) is 77.0. The molecule has 0 radical (unpaired) electrons. The van der Waals surface area contributed by atoms with Gasteiger partial charge < -0.3 is 120 Å². The van der Waals surface area contributed by atoms with Gasteiger partial charge in [-0.1, -0.05) is 102 Å². The second-order valence-electron chi connectivity index (χ2n) is 33.8. The molecule has 2 saturated heterocycles. The fourth-order valence-electron chi connectivity index (χ4n) is 15.8. The molecule has 44 heteroatoms. The van der Waals surface area contributed by atoms with Gasteiger partial charge in [-0.2, -0.15) is 0 Å². The fourth-order valence-corrected chi connectivity index (χ4v) is 16.7. The maximum Gasteiger partial charge on any atom is 0.246 e. The van der Waals surface area contributed by atoms with E-state index in [9.17, 15) is 62.6 Å². The number of unbranched alkanes of at least 4 members (excludes halogenated alkanes) is 2. The summed E-state index contributed by atoms with van der Waals surface area (Å²) in [5.41, 5.74) is 19.5. The monoisotopic (exact) mass is 1870 g/mol. The molecule has 722 valence electrons. The molecule has 42 nitrogen and oxygen atoms in total. The molecule has 22 N–H and O–H groups in total. The lowest BCUT2D eigenvalue weighted by atomic mass is 10.00. The van der Waals surface area contributed by atoms with Gasteiger partial charge in [0.05, 0.1) is 38.2 Å². The Morgan fingerprint density at radius 2 is 1.14 bits per heavy atom. The van der Waals surface area contributed by atoms with E-state index in [0.29, 0.717) is 64.3 Å². The first-order valence-electron chi connectivity index (χ1n) is 44.3. The van der Waals surface area contributed by atoms with Crippen LogP contribution in [0.3, 0.4) is 0 Å². The topological polar surface area (TPSA) is 621 Å². The molecule has 5 heterocycles. The second-order valence-corrected chi connectivity index (χ2v) is 34.8. The number of thioether (sulfide) groups is 1. The van der Waals surface area contributed by atoms with Crippen molar-refractivity contribution in [3.8, 4) is 0 Å². The van der Waals surface area contributed by atoms with Crippen LogP contribution in [0.15, 0.2) is 97.7 Å². The number of primary amides is 2. The number of fused-ring (bicyclic) bond motifs is 3. The zero-order chi connectivity index (χ0) is 97.4. The third-order valence-electron chi connectivity index (χ3n) is 23.2. The van der Waals surface area contributed by atoms with Gasteiger partial charge in [0.15, 0.2) is 5.96 Å². The summed E-state index contributed by atoms with van der Waals surface area (Å²) in [6, 6.07) is -0.901. The molecule has 133 heavy (non-hydrogen) atoms. The number of carbonyl (C=O) groups is 17. The van der Waals surface area contributed by atoms with E-state index in [0.717, 1.165) is 36.3 Å². The van der Waals surface area contributed by atoms with Crippen LogP contribution in [0.5, 0.6) is 0 Å². The van der Waals surface area contributed by atoms with E-state index < -0.39 is 235 Å². The van der Waals surface area contributed by atoms with Crippen molar-refractivity contribution >= 4 is 140 Å². The van der Waals surface area contributed by atoms with Crippen LogP contribution >= 0.6 is 11.8 Å². The summed E-state index contributed by atoms with van der Waals surface area (Å²) in [5, 5.41) is 48.8. The van der Waals surface area contributed by atoms with Gasteiger partial charge in [0.25, 0.3) is 0 Å². The summed E-state index contributed by atoms with van der Waals surface area (Å²) >= 11 is 0.782. The number of aliphatic hydroxyl groups is 1. The largest absolute Gasteiger partial charge is 0.394 e. The molecule has 2 fully saturated rings. The number of H-pyrrole nitrogens is 3. The van der Waals surface area contributed by atoms with E-state index in [1.165, 1.54) is 72.0 Å². The number of nitrogens with zero attached hydrogens (tertiary/aromatic N) is 6. The first-order chi connectivity index (χ1) is 63.3. The van der Waals surface area contributed by atoms with Crippen LogP contribution in [0.4, 0.5) is 4.39 Å². The van der Waals surface area contributed by atoms with Gasteiger partial charge in [0.2, 0.25) is 100 Å². The maximum absolute atomic E-state index is 15.7. The number of halogens is 1. The number of nitrogens with two attached hydrogens (primary N) is 3. The molecule has 0 saturated carbocycles. The first-order valence-corrected chi connectivity index (χ1v) is 45.5. The summed E-state index contributed by atoms with van der Waals surface area (Å²) in [7, 11) is 5.14. The lowest BCUT2D eigenvalue weighted by Gasteiger charge is -2.36. The van der Waals surface area contributed by atoms with Crippen molar-refractivity contribution in [1.29, 1.82) is 5.41 Å². The number of aliphatic hydroxyl groups excluding tert-OH is 1. The molecule has 3 aromatic carbocycles. The van der Waals surface area contributed by atoms with Crippen molar-refractivity contribution in [2.45, 2.75) is 216 Å². The highest BCUT2D eigenvalue weighted by Gasteiger charge is 2.44. The molecule has 6 aromatic rings. The summed E-state index contributed by atoms with van der Waals surface area (Å²) in [5.74, 6) is -18.3. The van der Waals surface area contributed by atoms with Crippen molar-refractivity contribution in [1.82, 2.24) is 103 Å². The van der Waals surface area contributed by atoms with Crippen molar-refractivity contribution in [2.75, 3.05) is 72.5 Å². The van der Waals surface area contributed by atoms with Gasteiger partial charge in [-0.3, -0.25) is 86.9 Å². The number of para-hydroxylation sites is 1. The van der Waals surface area contributed by atoms with Gasteiger partial charge >= 0.3 is 0 Å². The number of nitrogens with one attached hydrogen (secondary N) is 15. The Hall–Kier alpha value is -13.6. The Kier molecular flexibility index (Phi) is 40.0. The highest BCUT2D eigenvalue weighted by Crippen LogP contribution is 2.27. The quantitative estimate of drug-likeness (QED) is 0.0159. The van der Waals surface area contributed by atoms with Crippen molar-refractivity contribution in [3.05, 3.63) is 126 Å². The standard InChI is InChI=1S/C89H125FN24O18S/c1-10-12-26-69-82(126)103-60(25-19-31-96-89(93)94)78(122)109-68(77(121)99-43-73(92)117)46-133-47-75(119)102-64(34-51-21-15-14-16-22-51)85(129)111(7)50(5)76(120)105-66(39-72(91)116)87(131)114-32-20-28-70(114)83(127)104-62(38-55-42-95-48-100-55)80(124)106-63(33-49(3)4)84(128)110(6)44-74(118)101-61(35-52-40-97-58-24-18-17-23-56(52)58)79(123)108-67(45-115)81(125)107-65(36-53-41-98-59-30-29-54(90)37-57(53)59)86(130)113(9)71(27-13-11-2)88(132)112(69)8/h14-18,21-24,29-30,37,40-42,48-50,60-71,97-98,115H,10-13,19-20,25-28,31-36,38-39,43-47H2,1-9H3,(H2,91,116)(H2,92,117)(H,95,100)(H,99,121)(H,101,118)(H,102,119)(H,103,126)(H,104,127)(H,105,120)(H,106,124)(H,107,125)(H,108,123)(H,109,122)(H4,93,94,96)/t50-,60-,61-,62-,63-,64-,65?,66-,67-,68-,69-,70-,71-/m0/s1. The summed E-state index contributed by atoms with van der Waals surface area (Å²) in [6.45, 7) is 5.74. The molecular weight excluding hydrogens is 1740 g/mol. The Morgan fingerprint density at radius 1 is 0.564 bits per heavy atom. The molecule has 2 aliphatic heterocycles. The molecule has 2 aliphatic rings. The number of rotatable bonds is 26. The van der Waals surface area contributed by atoms with Crippen LogP contribution < -0.4 is 75.7 Å². The number of benzene rings is 3. The average molecular weight is 1870 g/mol. The predicted molar refractivity (Wildman–Crippen MR) is 490 cm³/mol. The van der Waals surface area contributed by atoms with Crippen LogP contribution in [0.1, 0.15) is 134 Å². The third-order valence-corrected chi connectivity index (χ3v) is 24.2. The lowest BCUT2D eigenvalue weighted by Crippen LogP contribution is -2.61. The van der Waals surface area contributed by atoms with Crippen LogP contribution in [-0.4, -0.2) is 307 Å². The number of imidazole rings is 1. The van der Waals surface area contributed by atoms with Crippen molar-refractivity contribution in [2.24, 2.45) is 23.1 Å². The first kappa shape index (κ1) is 105. The van der Waals surface area contributed by atoms with Gasteiger partial charge in [-0.25, -0.2) is 9.37 Å². The molecule has 8 rings (SSSR count). The second kappa shape index (κ2) is 50.7. The molecular formula is C89H125FN24O18S. The number of amides is 17. The van der Waals surface area contributed by atoms with E-state index in [-0.39, 0.29) is 88.8 Å². The summed E-state index contributed by atoms with van der Waals surface area (Å²) < 4.78 is 15.2. The Morgan fingerprint density at radius 3 is 1.78 bits per heavy atom. The van der Waals surface area contributed by atoms with Gasteiger partial charge in [-0.05, 0) is 98.7 Å². The SMILES string of the molecule is CCCC[C@H]1C(=O)N(C)[C@@H](CCCC)C(=O)N[C@@H](CCCNC(=N)N)C(=O)N[C@H](C(=O)NCC(N)=O)CSCC(=O)N[C@@H](Cc2ccccc2)C(=O)N(C)[C@@H](C)C(=O)N[C@@H](CC(N)=O)C(=O)N2CCC[C@H]2C(=O)N[C@@H](Cc2cnc[nH]2)C(=O)N[C@@H](CC(C)C)C(=O)N(C)CC(=O)N[C@@H](Cc2c[nH]c3ccccc23)C(=O)N[C@@H](CO)C(=O)NC(Cc2c[nH]c3ccc(F)cc23)C(=O)N1C. The van der Waals surface area contributed by atoms with Crippen LogP contribution in [0.2, 0.25) is 0 Å². The van der Waals surface area contributed by atoms with Gasteiger partial charge in [0, 0.05) is 119 Å². The minimum absolute atomic E-state index is 0.00553. The lowest BCUT2D eigenvalue weighted by molar-refractivity contribution is -0.149. The number of aromatic amines is 3. The minimum Gasteiger partial charge on any atom is -0.394 e. The number of hydrogen-bond acceptors (Lipinski definition) is 21. The Balaban J connectivity index is 1.19. The third kappa shape index (κ3) is 30.5. The van der Waals surface area contributed by atoms with E-state index in [4.69, 9.17) is 22.6 Å². The molecule has 0 bridgehead atoms. The van der Waals surface area contributed by atoms with Gasteiger partial charge in [-0.15, -0.1) is 11.8 Å². The summed E-state index contributed by atoms with van der Waals surface area (Å²) in [4.78, 5) is 267. The number of aromatic nitrogens is 4. The smallest absolute Gasteiger partial charge is 0.246 e. The zero-order valence-electron chi connectivity index (χ0n) is 76.2. The van der Waals surface area contributed by atoms with Crippen LogP contribution in [0.25, 0.3) is 21.8 Å². The molecule has 0 spiro atoms. The van der Waals surface area contributed by atoms with E-state index in [1.54, 1.807) is 74.6 Å². The van der Waals surface area contributed by atoms with Crippen LogP contribution in [0, 0.1) is 17.1 Å². The molecule has 13 atom stereocenters. The maximum atomic E-state index is 15.7. The van der Waals surface area contributed by atoms with E-state index >= 15 is 28.4 Å². The highest BCUT2D eigenvalue weighted by molar-refractivity contribution is 8.00. The van der Waals surface area contributed by atoms with E-state index in [1.807, 2.05) is 13.8 Å². The number of guanidine groups is 1. The van der Waals surface area contributed by atoms with Gasteiger partial charge in [0.1, 0.15) is 84.4 Å². The van der Waals surface area contributed by atoms with E-state index in [2.05, 4.69) is 78.4 Å². The molecule has 1 unspecified atom stereocenters. The molecule has 0 aliphatic carbocycles. The summed E-state index contributed by atoms with van der Waals surface area (Å²) in [6.07, 6.45) is 5.30. The predicted octanol–water partition coefficient (Wildman–Crippen LogP) is -2.00. The Labute approximate surface area is 773 Å². The number of carbonyl (C=O) groups excluding carboxylic acids is 17. The minimum atomic E-state index is -1.91. The van der Waals surface area contributed by atoms with Crippen molar-refractivity contribution < 1.29 is 91.0 Å². The average Bonchev–Trinajstić information content (AvgIpc) is 1.77. The molecule has 17 amide bonds. The normalized spacial score (nSPS) is 23.4. The molecule has 3 aromatic heterocycles.